The summed E-state index contributed by atoms with van der Waals surface area (Å²) in [5.41, 5.74) is 1.09. The number of carbonyl (C=O) groups is 1. The third kappa shape index (κ3) is 4.34. The van der Waals surface area contributed by atoms with Gasteiger partial charge in [-0.3, -0.25) is 4.79 Å². The van der Waals surface area contributed by atoms with E-state index in [1.165, 1.54) is 0 Å². The van der Waals surface area contributed by atoms with E-state index >= 15 is 0 Å². The first-order valence-corrected chi connectivity index (χ1v) is 5.57. The summed E-state index contributed by atoms with van der Waals surface area (Å²) in [5.74, 6) is 0.878. The van der Waals surface area contributed by atoms with Gasteiger partial charge in [-0.2, -0.15) is 0 Å². The zero-order valence-electron chi connectivity index (χ0n) is 10.1. The van der Waals surface area contributed by atoms with Crippen LogP contribution in [0.5, 0.6) is 5.75 Å². The van der Waals surface area contributed by atoms with Gasteiger partial charge in [-0.25, -0.2) is 0 Å². The van der Waals surface area contributed by atoms with Crippen molar-refractivity contribution in [2.75, 3.05) is 6.61 Å². The Morgan fingerprint density at radius 3 is 2.69 bits per heavy atom. The minimum atomic E-state index is 0.0311. The van der Waals surface area contributed by atoms with Crippen LogP contribution < -0.4 is 10.1 Å². The van der Waals surface area contributed by atoms with Crippen LogP contribution in [0, 0.1) is 6.92 Å². The number of aryl methyl sites for hydroxylation is 1. The molecule has 3 nitrogen and oxygen atoms in total. The molecule has 3 heteroatoms. The first kappa shape index (κ1) is 12.6. The zero-order valence-corrected chi connectivity index (χ0v) is 10.1. The maximum atomic E-state index is 11.3. The number of ether oxygens (including phenoxy) is 1. The minimum Gasteiger partial charge on any atom is -0.493 e. The number of para-hydroxylation sites is 1. The average molecular weight is 221 g/mol. The Bertz CT molecular complexity index is 348. The highest BCUT2D eigenvalue weighted by molar-refractivity contribution is 5.76. The molecule has 0 aromatic heterocycles. The van der Waals surface area contributed by atoms with Gasteiger partial charge in [-0.1, -0.05) is 18.2 Å². The summed E-state index contributed by atoms with van der Waals surface area (Å²) in [6, 6.07) is 7.98. The molecule has 1 aromatic carbocycles. The van der Waals surface area contributed by atoms with Gasteiger partial charge in [0.1, 0.15) is 5.75 Å². The number of hydrogen-bond donors (Lipinski definition) is 1. The van der Waals surface area contributed by atoms with E-state index in [2.05, 4.69) is 5.32 Å². The lowest BCUT2D eigenvalue weighted by Gasteiger charge is -2.10. The molecule has 1 rings (SSSR count). The molecule has 1 aromatic rings. The first-order valence-electron chi connectivity index (χ1n) is 5.57. The first-order chi connectivity index (χ1) is 7.59. The number of nitrogens with one attached hydrogen (secondary N) is 1. The summed E-state index contributed by atoms with van der Waals surface area (Å²) >= 11 is 0. The Hall–Kier alpha value is -1.51. The predicted octanol–water partition coefficient (Wildman–Crippen LogP) is 2.29. The molecular weight excluding hydrogens is 202 g/mol. The van der Waals surface area contributed by atoms with Crippen LogP contribution in [0.1, 0.15) is 25.8 Å². The van der Waals surface area contributed by atoms with Crippen LogP contribution in [0.25, 0.3) is 0 Å². The SMILES string of the molecule is Cc1ccccc1OCCC(=O)NC(C)C. The third-order valence-electron chi connectivity index (χ3n) is 2.13. The van der Waals surface area contributed by atoms with Gasteiger partial charge in [0.25, 0.3) is 0 Å². The summed E-state index contributed by atoms with van der Waals surface area (Å²) in [4.78, 5) is 11.3. The van der Waals surface area contributed by atoms with E-state index in [1.54, 1.807) is 0 Å². The van der Waals surface area contributed by atoms with Crippen molar-refractivity contribution in [3.63, 3.8) is 0 Å². The number of amides is 1. The maximum Gasteiger partial charge on any atom is 0.223 e. The molecular formula is C13H19NO2. The van der Waals surface area contributed by atoms with Crippen LogP contribution >= 0.6 is 0 Å². The van der Waals surface area contributed by atoms with E-state index < -0.39 is 0 Å². The molecule has 0 bridgehead atoms. The molecule has 0 radical (unpaired) electrons. The summed E-state index contributed by atoms with van der Waals surface area (Å²) in [6.07, 6.45) is 0.395. The molecule has 88 valence electrons. The Morgan fingerprint density at radius 1 is 1.38 bits per heavy atom. The minimum absolute atomic E-state index is 0.0311. The molecule has 1 N–H and O–H groups in total. The van der Waals surface area contributed by atoms with Crippen molar-refractivity contribution in [1.82, 2.24) is 5.32 Å². The lowest BCUT2D eigenvalue weighted by molar-refractivity contribution is -0.122. The van der Waals surface area contributed by atoms with Crippen LogP contribution in [0.2, 0.25) is 0 Å². The smallest absolute Gasteiger partial charge is 0.223 e. The standard InChI is InChI=1S/C13H19NO2/c1-10(2)14-13(15)8-9-16-12-7-5-4-6-11(12)3/h4-7,10H,8-9H2,1-3H3,(H,14,15). The monoisotopic (exact) mass is 221 g/mol. The molecule has 1 amide bonds. The highest BCUT2D eigenvalue weighted by atomic mass is 16.5. The molecule has 0 saturated heterocycles. The molecule has 0 aliphatic rings. The lowest BCUT2D eigenvalue weighted by Crippen LogP contribution is -2.31. The second kappa shape index (κ2) is 6.16. The number of rotatable bonds is 5. The van der Waals surface area contributed by atoms with E-state index in [4.69, 9.17) is 4.74 Å². The summed E-state index contributed by atoms with van der Waals surface area (Å²) in [5, 5.41) is 2.82. The van der Waals surface area contributed by atoms with Crippen molar-refractivity contribution in [2.45, 2.75) is 33.2 Å². The maximum absolute atomic E-state index is 11.3. The topological polar surface area (TPSA) is 38.3 Å². The highest BCUT2D eigenvalue weighted by Gasteiger charge is 2.04. The molecule has 0 aliphatic heterocycles. The van der Waals surface area contributed by atoms with Crippen LogP contribution in [-0.4, -0.2) is 18.6 Å². The molecule has 0 heterocycles. The Kier molecular flexibility index (Phi) is 4.83. The van der Waals surface area contributed by atoms with Crippen molar-refractivity contribution in [3.8, 4) is 5.75 Å². The van der Waals surface area contributed by atoms with Gasteiger partial charge in [0, 0.05) is 6.04 Å². The molecule has 0 saturated carbocycles. The van der Waals surface area contributed by atoms with Gasteiger partial charge in [-0.05, 0) is 32.4 Å². The van der Waals surface area contributed by atoms with Crippen molar-refractivity contribution in [3.05, 3.63) is 29.8 Å². The van der Waals surface area contributed by atoms with Gasteiger partial charge in [-0.15, -0.1) is 0 Å². The zero-order chi connectivity index (χ0) is 12.0. The molecule has 0 fully saturated rings. The highest BCUT2D eigenvalue weighted by Crippen LogP contribution is 2.15. The van der Waals surface area contributed by atoms with Crippen LogP contribution in [0.15, 0.2) is 24.3 Å². The van der Waals surface area contributed by atoms with Crippen molar-refractivity contribution in [2.24, 2.45) is 0 Å². The van der Waals surface area contributed by atoms with Crippen LogP contribution in [0.3, 0.4) is 0 Å². The summed E-state index contributed by atoms with van der Waals surface area (Å²) in [7, 11) is 0. The second-order valence-electron chi connectivity index (χ2n) is 4.09. The van der Waals surface area contributed by atoms with E-state index in [0.29, 0.717) is 13.0 Å². The lowest BCUT2D eigenvalue weighted by atomic mass is 10.2. The predicted molar refractivity (Wildman–Crippen MR) is 64.6 cm³/mol. The van der Waals surface area contributed by atoms with E-state index in [-0.39, 0.29) is 11.9 Å². The van der Waals surface area contributed by atoms with Gasteiger partial charge in [0.2, 0.25) is 5.91 Å². The van der Waals surface area contributed by atoms with Crippen molar-refractivity contribution < 1.29 is 9.53 Å². The Labute approximate surface area is 96.8 Å². The molecule has 0 spiro atoms. The fourth-order valence-electron chi connectivity index (χ4n) is 1.37. The van der Waals surface area contributed by atoms with Gasteiger partial charge >= 0.3 is 0 Å². The normalized spacial score (nSPS) is 10.2. The fraction of sp³-hybridized carbons (Fsp3) is 0.462. The Morgan fingerprint density at radius 2 is 2.06 bits per heavy atom. The number of carbonyl (C=O) groups excluding carboxylic acids is 1. The van der Waals surface area contributed by atoms with Crippen LogP contribution in [0.4, 0.5) is 0 Å². The van der Waals surface area contributed by atoms with Gasteiger partial charge in [0.05, 0.1) is 13.0 Å². The van der Waals surface area contributed by atoms with E-state index in [1.807, 2.05) is 45.0 Å². The van der Waals surface area contributed by atoms with Crippen molar-refractivity contribution >= 4 is 5.91 Å². The molecule has 16 heavy (non-hydrogen) atoms. The van der Waals surface area contributed by atoms with Gasteiger partial charge < -0.3 is 10.1 Å². The fourth-order valence-corrected chi connectivity index (χ4v) is 1.37. The number of hydrogen-bond acceptors (Lipinski definition) is 2. The van der Waals surface area contributed by atoms with Crippen molar-refractivity contribution in [1.29, 1.82) is 0 Å². The Balaban J connectivity index is 2.31. The molecule has 0 unspecified atom stereocenters. The average Bonchev–Trinajstić information content (AvgIpc) is 2.19. The third-order valence-corrected chi connectivity index (χ3v) is 2.13. The van der Waals surface area contributed by atoms with Gasteiger partial charge in [0.15, 0.2) is 0 Å². The summed E-state index contributed by atoms with van der Waals surface area (Å²) < 4.78 is 5.53. The van der Waals surface area contributed by atoms with Crippen LogP contribution in [-0.2, 0) is 4.79 Å². The van der Waals surface area contributed by atoms with E-state index in [9.17, 15) is 4.79 Å². The molecule has 0 aliphatic carbocycles. The van der Waals surface area contributed by atoms with E-state index in [0.717, 1.165) is 11.3 Å². The summed E-state index contributed by atoms with van der Waals surface area (Å²) in [6.45, 7) is 6.30. The second-order valence-corrected chi connectivity index (χ2v) is 4.09. The number of benzene rings is 1. The largest absolute Gasteiger partial charge is 0.493 e. The quantitative estimate of drug-likeness (QED) is 0.828. The molecule has 0 atom stereocenters.